The third kappa shape index (κ3) is 4.40. The molecule has 1 aromatic heterocycles. The molecule has 0 aliphatic heterocycles. The van der Waals surface area contributed by atoms with Crippen LogP contribution in [0.25, 0.3) is 11.3 Å². The fourth-order valence-electron chi connectivity index (χ4n) is 3.06. The summed E-state index contributed by atoms with van der Waals surface area (Å²) in [6.45, 7) is 1.76. The third-order valence-electron chi connectivity index (χ3n) is 4.63. The smallest absolute Gasteiger partial charge is 0.240 e. The monoisotopic (exact) mass is 398 g/mol. The summed E-state index contributed by atoms with van der Waals surface area (Å²) in [7, 11) is -3.68. The van der Waals surface area contributed by atoms with E-state index in [1.807, 2.05) is 0 Å². The highest BCUT2D eigenvalue weighted by atomic mass is 35.5. The number of sulfonamides is 1. The number of rotatable bonds is 4. The molecule has 5 nitrogen and oxygen atoms in total. The lowest BCUT2D eigenvalue weighted by atomic mass is 9.84. The van der Waals surface area contributed by atoms with E-state index in [-0.39, 0.29) is 21.7 Å². The Hall–Kier alpha value is -1.54. The highest BCUT2D eigenvalue weighted by Crippen LogP contribution is 2.29. The van der Waals surface area contributed by atoms with Gasteiger partial charge in [0.05, 0.1) is 15.5 Å². The van der Waals surface area contributed by atoms with Gasteiger partial charge in [0, 0.05) is 17.8 Å². The average Bonchev–Trinajstić information content (AvgIpc) is 2.57. The molecule has 1 heterocycles. The molecule has 0 saturated heterocycles. The van der Waals surface area contributed by atoms with Gasteiger partial charge in [0.1, 0.15) is 5.69 Å². The van der Waals surface area contributed by atoms with Crippen LogP contribution in [0.15, 0.2) is 41.4 Å². The number of pyridine rings is 1. The van der Waals surface area contributed by atoms with Crippen LogP contribution in [0.5, 0.6) is 0 Å². The Morgan fingerprint density at radius 2 is 1.88 bits per heavy atom. The first-order chi connectivity index (χ1) is 12.2. The van der Waals surface area contributed by atoms with Crippen LogP contribution in [-0.2, 0) is 10.0 Å². The van der Waals surface area contributed by atoms with Gasteiger partial charge >= 0.3 is 0 Å². The number of nitrogens with one attached hydrogen (secondary N) is 1. The van der Waals surface area contributed by atoms with Crippen molar-refractivity contribution in [2.45, 2.75) is 49.1 Å². The standard InChI is InChI=1S/C18H20ClFN2O3S/c1-18(23)8-6-14(7-9-18)22-26(24,25)15-4-2-12(3-5-15)17-16(20)10-13(19)11-21-17/h2-5,10-11,14,22-23H,6-9H2,1H3. The molecule has 26 heavy (non-hydrogen) atoms. The van der Waals surface area contributed by atoms with E-state index >= 15 is 0 Å². The Balaban J connectivity index is 1.75. The van der Waals surface area contributed by atoms with Crippen molar-refractivity contribution in [3.8, 4) is 11.3 Å². The van der Waals surface area contributed by atoms with E-state index in [0.29, 0.717) is 31.2 Å². The van der Waals surface area contributed by atoms with Gasteiger partial charge in [0.2, 0.25) is 10.0 Å². The summed E-state index contributed by atoms with van der Waals surface area (Å²) in [5.74, 6) is -0.569. The number of hydrogen-bond donors (Lipinski definition) is 2. The minimum Gasteiger partial charge on any atom is -0.390 e. The van der Waals surface area contributed by atoms with Gasteiger partial charge in [0.25, 0.3) is 0 Å². The molecule has 1 aromatic carbocycles. The zero-order valence-electron chi connectivity index (χ0n) is 14.2. The zero-order valence-corrected chi connectivity index (χ0v) is 15.8. The van der Waals surface area contributed by atoms with Crippen LogP contribution >= 0.6 is 11.6 Å². The van der Waals surface area contributed by atoms with Crippen LogP contribution in [-0.4, -0.2) is 30.2 Å². The normalized spacial score (nSPS) is 23.8. The maximum absolute atomic E-state index is 13.9. The van der Waals surface area contributed by atoms with Gasteiger partial charge in [-0.1, -0.05) is 23.7 Å². The third-order valence-corrected chi connectivity index (χ3v) is 6.37. The number of aromatic nitrogens is 1. The Labute approximate surface area is 157 Å². The van der Waals surface area contributed by atoms with Crippen LogP contribution in [0.4, 0.5) is 4.39 Å². The van der Waals surface area contributed by atoms with Crippen molar-refractivity contribution in [2.75, 3.05) is 0 Å². The molecule has 0 spiro atoms. The van der Waals surface area contributed by atoms with Crippen LogP contribution in [0, 0.1) is 5.82 Å². The second kappa shape index (κ2) is 7.23. The van der Waals surface area contributed by atoms with E-state index in [1.165, 1.54) is 30.5 Å². The quantitative estimate of drug-likeness (QED) is 0.825. The first-order valence-corrected chi connectivity index (χ1v) is 10.2. The van der Waals surface area contributed by atoms with Crippen LogP contribution in [0.2, 0.25) is 5.02 Å². The van der Waals surface area contributed by atoms with Crippen LogP contribution in [0.3, 0.4) is 0 Å². The molecule has 2 N–H and O–H groups in total. The molecule has 1 aliphatic rings. The Morgan fingerprint density at radius 3 is 2.46 bits per heavy atom. The van der Waals surface area contributed by atoms with E-state index in [1.54, 1.807) is 6.92 Å². The van der Waals surface area contributed by atoms with Crippen molar-refractivity contribution in [1.29, 1.82) is 0 Å². The number of hydrogen-bond acceptors (Lipinski definition) is 4. The van der Waals surface area contributed by atoms with Crippen molar-refractivity contribution < 1.29 is 17.9 Å². The Morgan fingerprint density at radius 1 is 1.27 bits per heavy atom. The molecule has 0 radical (unpaired) electrons. The van der Waals surface area contributed by atoms with E-state index in [9.17, 15) is 17.9 Å². The maximum Gasteiger partial charge on any atom is 0.240 e. The summed E-state index contributed by atoms with van der Waals surface area (Å²) in [5.41, 5.74) is -0.146. The average molecular weight is 399 g/mol. The number of aliphatic hydroxyl groups is 1. The molecule has 0 atom stereocenters. The zero-order chi connectivity index (χ0) is 18.9. The number of nitrogens with zero attached hydrogens (tertiary/aromatic N) is 1. The Kier molecular flexibility index (Phi) is 5.35. The van der Waals surface area contributed by atoms with E-state index < -0.39 is 21.4 Å². The van der Waals surface area contributed by atoms with Crippen LogP contribution in [0.1, 0.15) is 32.6 Å². The van der Waals surface area contributed by atoms with Gasteiger partial charge in [-0.2, -0.15) is 0 Å². The lowest BCUT2D eigenvalue weighted by Gasteiger charge is -2.33. The molecule has 1 fully saturated rings. The van der Waals surface area contributed by atoms with E-state index in [4.69, 9.17) is 11.6 Å². The predicted molar refractivity (Wildman–Crippen MR) is 97.8 cm³/mol. The molecule has 0 unspecified atom stereocenters. The molecule has 2 aromatic rings. The molecule has 0 amide bonds. The molecular formula is C18H20ClFN2O3S. The highest BCUT2D eigenvalue weighted by Gasteiger charge is 2.31. The first-order valence-electron chi connectivity index (χ1n) is 8.32. The lowest BCUT2D eigenvalue weighted by Crippen LogP contribution is -2.42. The summed E-state index contributed by atoms with van der Waals surface area (Å²) in [4.78, 5) is 4.06. The second-order valence-electron chi connectivity index (χ2n) is 6.90. The van der Waals surface area contributed by atoms with Crippen molar-refractivity contribution in [1.82, 2.24) is 9.71 Å². The van der Waals surface area contributed by atoms with Gasteiger partial charge in [-0.25, -0.2) is 17.5 Å². The van der Waals surface area contributed by atoms with Crippen molar-refractivity contribution in [2.24, 2.45) is 0 Å². The van der Waals surface area contributed by atoms with Gasteiger partial charge in [-0.05, 0) is 50.8 Å². The topological polar surface area (TPSA) is 79.3 Å². The fraction of sp³-hybridized carbons (Fsp3) is 0.389. The van der Waals surface area contributed by atoms with Crippen LogP contribution < -0.4 is 4.72 Å². The largest absolute Gasteiger partial charge is 0.390 e. The lowest BCUT2D eigenvalue weighted by molar-refractivity contribution is 0.0163. The Bertz CT molecular complexity index is 891. The summed E-state index contributed by atoms with van der Waals surface area (Å²) in [5, 5.41) is 10.2. The highest BCUT2D eigenvalue weighted by molar-refractivity contribution is 7.89. The van der Waals surface area contributed by atoms with Gasteiger partial charge in [-0.15, -0.1) is 0 Å². The van der Waals surface area contributed by atoms with Gasteiger partial charge < -0.3 is 5.11 Å². The summed E-state index contributed by atoms with van der Waals surface area (Å²) < 4.78 is 41.7. The van der Waals surface area contributed by atoms with Crippen molar-refractivity contribution in [3.05, 3.63) is 47.4 Å². The van der Waals surface area contributed by atoms with Crippen molar-refractivity contribution in [3.63, 3.8) is 0 Å². The van der Waals surface area contributed by atoms with E-state index in [0.717, 1.165) is 6.07 Å². The summed E-state index contributed by atoms with van der Waals surface area (Å²) in [6.07, 6.45) is 3.62. The van der Waals surface area contributed by atoms with Gasteiger partial charge in [-0.3, -0.25) is 4.98 Å². The summed E-state index contributed by atoms with van der Waals surface area (Å²) in [6, 6.07) is 6.83. The summed E-state index contributed by atoms with van der Waals surface area (Å²) >= 11 is 5.69. The minimum atomic E-state index is -3.68. The molecular weight excluding hydrogens is 379 g/mol. The fourth-order valence-corrected chi connectivity index (χ4v) is 4.51. The molecule has 3 rings (SSSR count). The first kappa shape index (κ1) is 19.2. The van der Waals surface area contributed by atoms with E-state index in [2.05, 4.69) is 9.71 Å². The molecule has 140 valence electrons. The predicted octanol–water partition coefficient (Wildman–Crippen LogP) is 3.51. The number of halogens is 2. The number of benzene rings is 1. The molecule has 0 bridgehead atoms. The SMILES string of the molecule is CC1(O)CCC(NS(=O)(=O)c2ccc(-c3ncc(Cl)cc3F)cc2)CC1. The molecule has 8 heteroatoms. The molecule has 1 aliphatic carbocycles. The minimum absolute atomic E-state index is 0.105. The van der Waals surface area contributed by atoms with Crippen molar-refractivity contribution >= 4 is 21.6 Å². The second-order valence-corrected chi connectivity index (χ2v) is 9.05. The molecule has 1 saturated carbocycles. The van der Waals surface area contributed by atoms with Gasteiger partial charge in [0.15, 0.2) is 5.82 Å². The maximum atomic E-state index is 13.9.